The van der Waals surface area contributed by atoms with Crippen LogP contribution in [0.1, 0.15) is 13.3 Å². The highest BCUT2D eigenvalue weighted by Gasteiger charge is 2.16. The molecule has 0 bridgehead atoms. The molecule has 5 nitrogen and oxygen atoms in total. The molecule has 1 aromatic rings. The van der Waals surface area contributed by atoms with Crippen molar-refractivity contribution in [1.29, 1.82) is 0 Å². The standard InChI is InChI=1S/C11H18N4OS/c1-3-12-9-6-10(15-11(14-9)17-2)13-8-4-5-16-7-8/h6,8H,3-5,7H2,1-2H3,(H2,12,13,14,15). The fraction of sp³-hybridized carbons (Fsp3) is 0.636. The van der Waals surface area contributed by atoms with Crippen LogP contribution in [-0.4, -0.2) is 42.0 Å². The van der Waals surface area contributed by atoms with Crippen LogP contribution in [0.2, 0.25) is 0 Å². The zero-order valence-corrected chi connectivity index (χ0v) is 11.0. The summed E-state index contributed by atoms with van der Waals surface area (Å²) < 4.78 is 5.34. The van der Waals surface area contributed by atoms with Crippen LogP contribution >= 0.6 is 11.8 Å². The van der Waals surface area contributed by atoms with Crippen molar-refractivity contribution in [3.8, 4) is 0 Å². The minimum absolute atomic E-state index is 0.370. The third kappa shape index (κ3) is 3.47. The van der Waals surface area contributed by atoms with Crippen LogP contribution in [0, 0.1) is 0 Å². The predicted molar refractivity (Wildman–Crippen MR) is 70.8 cm³/mol. The number of thioether (sulfide) groups is 1. The molecule has 1 fully saturated rings. The Labute approximate surface area is 106 Å². The second-order valence-electron chi connectivity index (χ2n) is 3.86. The topological polar surface area (TPSA) is 59.1 Å². The van der Waals surface area contributed by atoms with E-state index in [1.807, 2.05) is 12.3 Å². The van der Waals surface area contributed by atoms with Crippen LogP contribution in [0.15, 0.2) is 11.2 Å². The zero-order valence-electron chi connectivity index (χ0n) is 10.2. The van der Waals surface area contributed by atoms with Gasteiger partial charge in [-0.25, -0.2) is 9.97 Å². The first-order chi connectivity index (χ1) is 8.31. The fourth-order valence-electron chi connectivity index (χ4n) is 1.72. The summed E-state index contributed by atoms with van der Waals surface area (Å²) in [5, 5.41) is 7.38. The second-order valence-corrected chi connectivity index (χ2v) is 4.63. The zero-order chi connectivity index (χ0) is 12.1. The van der Waals surface area contributed by atoms with Gasteiger partial charge in [0.05, 0.1) is 12.6 Å². The first kappa shape index (κ1) is 12.4. The van der Waals surface area contributed by atoms with Gasteiger partial charge in [0, 0.05) is 19.2 Å². The minimum atomic E-state index is 0.370. The average Bonchev–Trinajstić information content (AvgIpc) is 2.82. The van der Waals surface area contributed by atoms with Gasteiger partial charge in [0.2, 0.25) is 0 Å². The third-order valence-corrected chi connectivity index (χ3v) is 3.08. The second kappa shape index (κ2) is 6.07. The van der Waals surface area contributed by atoms with Crippen molar-refractivity contribution in [2.75, 3.05) is 36.6 Å². The van der Waals surface area contributed by atoms with Crippen molar-refractivity contribution in [3.63, 3.8) is 0 Å². The Balaban J connectivity index is 2.10. The lowest BCUT2D eigenvalue weighted by Crippen LogP contribution is -2.20. The highest BCUT2D eigenvalue weighted by atomic mass is 32.2. The van der Waals surface area contributed by atoms with Gasteiger partial charge in [-0.1, -0.05) is 11.8 Å². The van der Waals surface area contributed by atoms with Crippen molar-refractivity contribution < 1.29 is 4.74 Å². The summed E-state index contributed by atoms with van der Waals surface area (Å²) in [7, 11) is 0. The van der Waals surface area contributed by atoms with E-state index >= 15 is 0 Å². The number of nitrogens with zero attached hydrogens (tertiary/aromatic N) is 2. The van der Waals surface area contributed by atoms with Crippen molar-refractivity contribution >= 4 is 23.4 Å². The molecular weight excluding hydrogens is 236 g/mol. The van der Waals surface area contributed by atoms with Gasteiger partial charge in [0.15, 0.2) is 5.16 Å². The quantitative estimate of drug-likeness (QED) is 0.617. The van der Waals surface area contributed by atoms with E-state index in [0.717, 1.165) is 43.0 Å². The molecule has 6 heteroatoms. The highest BCUT2D eigenvalue weighted by molar-refractivity contribution is 7.98. The lowest BCUT2D eigenvalue weighted by atomic mass is 10.2. The molecule has 0 aliphatic carbocycles. The van der Waals surface area contributed by atoms with Gasteiger partial charge in [-0.2, -0.15) is 0 Å². The summed E-state index contributed by atoms with van der Waals surface area (Å²) in [6.45, 7) is 4.50. The number of anilines is 2. The van der Waals surface area contributed by atoms with Crippen LogP contribution in [0.3, 0.4) is 0 Å². The summed E-state index contributed by atoms with van der Waals surface area (Å²) in [5.41, 5.74) is 0. The lowest BCUT2D eigenvalue weighted by Gasteiger charge is -2.13. The molecule has 0 aromatic carbocycles. The summed E-state index contributed by atoms with van der Waals surface area (Å²) in [6.07, 6.45) is 3.02. The molecule has 2 rings (SSSR count). The number of hydrogen-bond acceptors (Lipinski definition) is 6. The van der Waals surface area contributed by atoms with Crippen molar-refractivity contribution in [2.24, 2.45) is 0 Å². The van der Waals surface area contributed by atoms with Crippen LogP contribution in [0.5, 0.6) is 0 Å². The molecule has 2 N–H and O–H groups in total. The van der Waals surface area contributed by atoms with Gasteiger partial charge in [0.25, 0.3) is 0 Å². The van der Waals surface area contributed by atoms with E-state index in [0.29, 0.717) is 6.04 Å². The third-order valence-electron chi connectivity index (χ3n) is 2.53. The molecule has 94 valence electrons. The van der Waals surface area contributed by atoms with E-state index < -0.39 is 0 Å². The van der Waals surface area contributed by atoms with E-state index in [1.165, 1.54) is 0 Å². The van der Waals surface area contributed by atoms with E-state index in [9.17, 15) is 0 Å². The molecule has 17 heavy (non-hydrogen) atoms. The molecule has 2 heterocycles. The van der Waals surface area contributed by atoms with Gasteiger partial charge in [-0.05, 0) is 19.6 Å². The Morgan fingerprint density at radius 1 is 1.47 bits per heavy atom. The summed E-state index contributed by atoms with van der Waals surface area (Å²) >= 11 is 1.55. The molecule has 0 spiro atoms. The number of rotatable bonds is 5. The van der Waals surface area contributed by atoms with Crippen molar-refractivity contribution in [1.82, 2.24) is 9.97 Å². The first-order valence-electron chi connectivity index (χ1n) is 5.83. The number of aromatic nitrogens is 2. The first-order valence-corrected chi connectivity index (χ1v) is 7.05. The van der Waals surface area contributed by atoms with Gasteiger partial charge in [-0.3, -0.25) is 0 Å². The molecule has 0 radical (unpaired) electrons. The van der Waals surface area contributed by atoms with Crippen LogP contribution in [-0.2, 0) is 4.74 Å². The van der Waals surface area contributed by atoms with Crippen LogP contribution in [0.25, 0.3) is 0 Å². The summed E-state index contributed by atoms with van der Waals surface area (Å²) in [5.74, 6) is 1.74. The summed E-state index contributed by atoms with van der Waals surface area (Å²) in [6, 6.07) is 2.32. The molecular formula is C11H18N4OS. The lowest BCUT2D eigenvalue weighted by molar-refractivity contribution is 0.195. The summed E-state index contributed by atoms with van der Waals surface area (Å²) in [4.78, 5) is 8.83. The maximum atomic E-state index is 5.34. The monoisotopic (exact) mass is 254 g/mol. The van der Waals surface area contributed by atoms with E-state index in [4.69, 9.17) is 4.74 Å². The van der Waals surface area contributed by atoms with E-state index in [2.05, 4.69) is 27.5 Å². The highest BCUT2D eigenvalue weighted by Crippen LogP contribution is 2.19. The van der Waals surface area contributed by atoms with E-state index in [1.54, 1.807) is 11.8 Å². The van der Waals surface area contributed by atoms with Crippen LogP contribution in [0.4, 0.5) is 11.6 Å². The Kier molecular flexibility index (Phi) is 4.44. The maximum Gasteiger partial charge on any atom is 0.191 e. The SMILES string of the molecule is CCNc1cc(NC2CCOC2)nc(SC)n1. The number of hydrogen-bond donors (Lipinski definition) is 2. The normalized spacial score (nSPS) is 19.3. The van der Waals surface area contributed by atoms with Gasteiger partial charge in [-0.15, -0.1) is 0 Å². The molecule has 1 aliphatic rings. The maximum absolute atomic E-state index is 5.34. The largest absolute Gasteiger partial charge is 0.379 e. The Morgan fingerprint density at radius 3 is 2.94 bits per heavy atom. The Hall–Kier alpha value is -1.01. The smallest absolute Gasteiger partial charge is 0.191 e. The molecule has 1 aliphatic heterocycles. The number of nitrogens with one attached hydrogen (secondary N) is 2. The molecule has 0 amide bonds. The Morgan fingerprint density at radius 2 is 2.29 bits per heavy atom. The van der Waals surface area contributed by atoms with Gasteiger partial charge in [0.1, 0.15) is 11.6 Å². The molecule has 1 saturated heterocycles. The molecule has 1 atom stereocenters. The van der Waals surface area contributed by atoms with Gasteiger partial charge >= 0.3 is 0 Å². The fourth-order valence-corrected chi connectivity index (χ4v) is 2.10. The molecule has 0 saturated carbocycles. The predicted octanol–water partition coefficient (Wildman–Crippen LogP) is 1.83. The molecule has 1 aromatic heterocycles. The van der Waals surface area contributed by atoms with Gasteiger partial charge < -0.3 is 15.4 Å². The van der Waals surface area contributed by atoms with E-state index in [-0.39, 0.29) is 0 Å². The molecule has 1 unspecified atom stereocenters. The average molecular weight is 254 g/mol. The number of ether oxygens (including phenoxy) is 1. The Bertz CT molecular complexity index is 368. The minimum Gasteiger partial charge on any atom is -0.379 e. The van der Waals surface area contributed by atoms with Crippen molar-refractivity contribution in [2.45, 2.75) is 24.5 Å². The van der Waals surface area contributed by atoms with Crippen molar-refractivity contribution in [3.05, 3.63) is 6.07 Å². The van der Waals surface area contributed by atoms with Crippen LogP contribution < -0.4 is 10.6 Å².